The first-order chi connectivity index (χ1) is 10.7. The van der Waals surface area contributed by atoms with Gasteiger partial charge in [0.2, 0.25) is 0 Å². The normalized spacial score (nSPS) is 16.6. The third kappa shape index (κ3) is 3.22. The highest BCUT2D eigenvalue weighted by Crippen LogP contribution is 2.28. The summed E-state index contributed by atoms with van der Waals surface area (Å²) in [5, 5.41) is 5.33. The van der Waals surface area contributed by atoms with Crippen LogP contribution in [0.15, 0.2) is 42.5 Å². The first-order valence-corrected chi connectivity index (χ1v) is 7.83. The zero-order valence-electron chi connectivity index (χ0n) is 12.7. The Morgan fingerprint density at radius 3 is 2.59 bits per heavy atom. The van der Waals surface area contributed by atoms with Gasteiger partial charge in [-0.15, -0.1) is 0 Å². The van der Waals surface area contributed by atoms with Crippen LogP contribution >= 0.6 is 0 Å². The van der Waals surface area contributed by atoms with Crippen molar-refractivity contribution in [2.45, 2.75) is 31.2 Å². The Hall–Kier alpha value is -2.07. The van der Waals surface area contributed by atoms with Gasteiger partial charge in [0.1, 0.15) is 5.75 Å². The van der Waals surface area contributed by atoms with Crippen molar-refractivity contribution >= 4 is 16.7 Å². The van der Waals surface area contributed by atoms with E-state index in [0.717, 1.165) is 36.5 Å². The largest absolute Gasteiger partial charge is 0.484 e. The molecule has 0 heterocycles. The smallest absolute Gasteiger partial charge is 0.258 e. The molecular weight excluding hydrogens is 276 g/mol. The van der Waals surface area contributed by atoms with E-state index in [1.807, 2.05) is 36.4 Å². The molecule has 0 saturated heterocycles. The molecule has 1 amide bonds. The van der Waals surface area contributed by atoms with E-state index in [-0.39, 0.29) is 18.1 Å². The first kappa shape index (κ1) is 14.9. The molecule has 0 aliphatic heterocycles. The topological polar surface area (TPSA) is 64.3 Å². The Kier molecular flexibility index (Phi) is 4.29. The average molecular weight is 298 g/mol. The van der Waals surface area contributed by atoms with Gasteiger partial charge in [0.05, 0.1) is 5.54 Å². The summed E-state index contributed by atoms with van der Waals surface area (Å²) in [6.45, 7) is 0.523. The van der Waals surface area contributed by atoms with Gasteiger partial charge >= 0.3 is 0 Å². The fourth-order valence-corrected chi connectivity index (χ4v) is 3.17. The van der Waals surface area contributed by atoms with Crippen molar-refractivity contribution in [2.24, 2.45) is 5.73 Å². The van der Waals surface area contributed by atoms with Crippen LogP contribution in [-0.2, 0) is 4.79 Å². The maximum absolute atomic E-state index is 12.1. The van der Waals surface area contributed by atoms with E-state index >= 15 is 0 Å². The minimum Gasteiger partial charge on any atom is -0.484 e. The van der Waals surface area contributed by atoms with E-state index < -0.39 is 0 Å². The summed E-state index contributed by atoms with van der Waals surface area (Å²) in [6.07, 6.45) is 4.18. The predicted molar refractivity (Wildman–Crippen MR) is 87.8 cm³/mol. The predicted octanol–water partition coefficient (Wildman–Crippen LogP) is 2.61. The molecule has 0 spiro atoms. The van der Waals surface area contributed by atoms with E-state index in [1.54, 1.807) is 0 Å². The van der Waals surface area contributed by atoms with Crippen LogP contribution in [0.4, 0.5) is 0 Å². The summed E-state index contributed by atoms with van der Waals surface area (Å²) in [6, 6.07) is 13.9. The fraction of sp³-hybridized carbons (Fsp3) is 0.389. The zero-order chi connectivity index (χ0) is 15.4. The number of hydrogen-bond donors (Lipinski definition) is 2. The quantitative estimate of drug-likeness (QED) is 0.892. The second kappa shape index (κ2) is 6.36. The lowest BCUT2D eigenvalue weighted by Gasteiger charge is -2.28. The number of amides is 1. The number of hydrogen-bond acceptors (Lipinski definition) is 3. The molecule has 4 nitrogen and oxygen atoms in total. The molecule has 0 bridgehead atoms. The second-order valence-corrected chi connectivity index (χ2v) is 6.04. The Balaban J connectivity index is 1.60. The van der Waals surface area contributed by atoms with Gasteiger partial charge in [-0.3, -0.25) is 4.79 Å². The van der Waals surface area contributed by atoms with Gasteiger partial charge in [-0.05, 0) is 35.7 Å². The number of rotatable bonds is 5. The molecule has 1 fully saturated rings. The Bertz CT molecular complexity index is 663. The van der Waals surface area contributed by atoms with Crippen LogP contribution in [0.1, 0.15) is 25.7 Å². The van der Waals surface area contributed by atoms with Crippen molar-refractivity contribution in [2.75, 3.05) is 13.2 Å². The van der Waals surface area contributed by atoms with Crippen LogP contribution < -0.4 is 15.8 Å². The molecule has 0 radical (unpaired) electrons. The summed E-state index contributed by atoms with van der Waals surface area (Å²) in [5.41, 5.74) is 5.61. The fourth-order valence-electron chi connectivity index (χ4n) is 3.17. The second-order valence-electron chi connectivity index (χ2n) is 6.04. The van der Waals surface area contributed by atoms with Crippen molar-refractivity contribution in [3.63, 3.8) is 0 Å². The Labute approximate surface area is 130 Å². The van der Waals surface area contributed by atoms with Crippen molar-refractivity contribution < 1.29 is 9.53 Å². The molecule has 1 aliphatic carbocycles. The Morgan fingerprint density at radius 2 is 1.86 bits per heavy atom. The first-order valence-electron chi connectivity index (χ1n) is 7.83. The van der Waals surface area contributed by atoms with Crippen LogP contribution in [-0.4, -0.2) is 24.6 Å². The molecule has 1 saturated carbocycles. The number of benzene rings is 2. The highest BCUT2D eigenvalue weighted by Gasteiger charge is 2.33. The van der Waals surface area contributed by atoms with Gasteiger partial charge in [-0.2, -0.15) is 0 Å². The number of ether oxygens (including phenoxy) is 1. The highest BCUT2D eigenvalue weighted by molar-refractivity contribution is 5.84. The van der Waals surface area contributed by atoms with E-state index in [2.05, 4.69) is 11.4 Å². The average Bonchev–Trinajstić information content (AvgIpc) is 3.02. The van der Waals surface area contributed by atoms with Gasteiger partial charge in [0.15, 0.2) is 6.61 Å². The van der Waals surface area contributed by atoms with Crippen LogP contribution in [0.25, 0.3) is 10.8 Å². The van der Waals surface area contributed by atoms with Crippen LogP contribution in [0.3, 0.4) is 0 Å². The molecule has 2 aromatic rings. The van der Waals surface area contributed by atoms with Gasteiger partial charge in [-0.25, -0.2) is 0 Å². The molecule has 0 atom stereocenters. The minimum atomic E-state index is -0.218. The van der Waals surface area contributed by atoms with E-state index in [4.69, 9.17) is 10.5 Å². The molecule has 116 valence electrons. The molecule has 1 aliphatic rings. The lowest BCUT2D eigenvalue weighted by molar-refractivity contribution is -0.124. The van der Waals surface area contributed by atoms with Gasteiger partial charge < -0.3 is 15.8 Å². The van der Waals surface area contributed by atoms with Crippen LogP contribution in [0.5, 0.6) is 5.75 Å². The van der Waals surface area contributed by atoms with Gasteiger partial charge in [0, 0.05) is 6.54 Å². The van der Waals surface area contributed by atoms with Crippen molar-refractivity contribution in [1.29, 1.82) is 0 Å². The molecule has 0 unspecified atom stereocenters. The maximum Gasteiger partial charge on any atom is 0.258 e. The SMILES string of the molecule is NCC1(NC(=O)COc2ccc3ccccc3c2)CCCC1. The van der Waals surface area contributed by atoms with E-state index in [9.17, 15) is 4.79 Å². The summed E-state index contributed by atoms with van der Waals surface area (Å²) < 4.78 is 5.62. The minimum absolute atomic E-state index is 0.0279. The number of nitrogens with two attached hydrogens (primary N) is 1. The lowest BCUT2D eigenvalue weighted by atomic mass is 9.98. The third-order valence-corrected chi connectivity index (χ3v) is 4.45. The summed E-state index contributed by atoms with van der Waals surface area (Å²) >= 11 is 0. The molecule has 22 heavy (non-hydrogen) atoms. The molecular formula is C18H22N2O2. The zero-order valence-corrected chi connectivity index (χ0v) is 12.7. The van der Waals surface area contributed by atoms with Crippen molar-refractivity contribution in [3.05, 3.63) is 42.5 Å². The van der Waals surface area contributed by atoms with Crippen molar-refractivity contribution in [1.82, 2.24) is 5.32 Å². The molecule has 2 aromatic carbocycles. The molecule has 4 heteroatoms. The standard InChI is InChI=1S/C18H22N2O2/c19-13-18(9-3-4-10-18)20-17(21)12-22-16-8-7-14-5-1-2-6-15(14)11-16/h1-2,5-8,11H,3-4,9-10,12-13,19H2,(H,20,21). The number of carbonyl (C=O) groups is 1. The van der Waals surface area contributed by atoms with Crippen molar-refractivity contribution in [3.8, 4) is 5.75 Å². The number of fused-ring (bicyclic) bond motifs is 1. The monoisotopic (exact) mass is 298 g/mol. The molecule has 3 rings (SSSR count). The van der Waals surface area contributed by atoms with Crippen LogP contribution in [0, 0.1) is 0 Å². The summed E-state index contributed by atoms with van der Waals surface area (Å²) in [4.78, 5) is 12.1. The van der Waals surface area contributed by atoms with E-state index in [0.29, 0.717) is 12.3 Å². The van der Waals surface area contributed by atoms with E-state index in [1.165, 1.54) is 0 Å². The highest BCUT2D eigenvalue weighted by atomic mass is 16.5. The third-order valence-electron chi connectivity index (χ3n) is 4.45. The molecule has 0 aromatic heterocycles. The Morgan fingerprint density at radius 1 is 1.14 bits per heavy atom. The molecule has 3 N–H and O–H groups in total. The van der Waals surface area contributed by atoms with Gasteiger partial charge in [-0.1, -0.05) is 43.2 Å². The summed E-state index contributed by atoms with van der Waals surface area (Å²) in [7, 11) is 0. The summed E-state index contributed by atoms with van der Waals surface area (Å²) in [5.74, 6) is 0.613. The van der Waals surface area contributed by atoms with Gasteiger partial charge in [0.25, 0.3) is 5.91 Å². The number of nitrogens with one attached hydrogen (secondary N) is 1. The lowest BCUT2D eigenvalue weighted by Crippen LogP contribution is -2.52. The maximum atomic E-state index is 12.1. The number of carbonyl (C=O) groups excluding carboxylic acids is 1. The van der Waals surface area contributed by atoms with Crippen LogP contribution in [0.2, 0.25) is 0 Å².